The normalized spacial score (nSPS) is 15.0. The zero-order valence-electron chi connectivity index (χ0n) is 17.1. The van der Waals surface area contributed by atoms with Crippen molar-refractivity contribution in [1.82, 2.24) is 14.5 Å². The third kappa shape index (κ3) is 3.80. The van der Waals surface area contributed by atoms with Gasteiger partial charge in [0.1, 0.15) is 11.6 Å². The summed E-state index contributed by atoms with van der Waals surface area (Å²) in [6.07, 6.45) is 2.07. The molecular formula is C22H22Br3N5. The summed E-state index contributed by atoms with van der Waals surface area (Å²) >= 11 is 11.0. The molecule has 2 aromatic heterocycles. The fraction of sp³-hybridized carbons (Fsp3) is 0.409. The van der Waals surface area contributed by atoms with Crippen molar-refractivity contribution in [2.24, 2.45) is 5.92 Å². The van der Waals surface area contributed by atoms with Crippen molar-refractivity contribution in [2.75, 3.05) is 24.5 Å². The fourth-order valence-corrected chi connectivity index (χ4v) is 6.87. The topological polar surface area (TPSA) is 38.3 Å². The van der Waals surface area contributed by atoms with Crippen LogP contribution >= 0.6 is 47.8 Å². The van der Waals surface area contributed by atoms with E-state index in [1.807, 2.05) is 6.92 Å². The number of benzene rings is 1. The lowest BCUT2D eigenvalue weighted by atomic mass is 9.97. The number of hydrogen-bond acceptors (Lipinski definition) is 3. The van der Waals surface area contributed by atoms with Crippen molar-refractivity contribution in [2.45, 2.75) is 33.6 Å². The monoisotopic (exact) mass is 593 g/mol. The highest BCUT2D eigenvalue weighted by Crippen LogP contribution is 2.40. The molecule has 156 valence electrons. The van der Waals surface area contributed by atoms with E-state index in [-0.39, 0.29) is 0 Å². The van der Waals surface area contributed by atoms with Gasteiger partial charge in [0, 0.05) is 38.1 Å². The van der Waals surface area contributed by atoms with Gasteiger partial charge in [-0.25, -0.2) is 16.5 Å². The Balaban J connectivity index is 1.89. The fourth-order valence-electron chi connectivity index (χ4n) is 4.26. The molecule has 30 heavy (non-hydrogen) atoms. The van der Waals surface area contributed by atoms with E-state index >= 15 is 0 Å². The Labute approximate surface area is 202 Å². The van der Waals surface area contributed by atoms with Gasteiger partial charge < -0.3 is 9.74 Å². The molecule has 0 N–H and O–H groups in total. The molecule has 1 aliphatic rings. The number of rotatable bonds is 3. The van der Waals surface area contributed by atoms with Crippen LogP contribution in [-0.4, -0.2) is 34.2 Å². The molecule has 1 aromatic carbocycles. The molecule has 0 aliphatic carbocycles. The summed E-state index contributed by atoms with van der Waals surface area (Å²) in [6.45, 7) is 15.9. The Hall–Kier alpha value is -1.43. The van der Waals surface area contributed by atoms with Crippen LogP contribution in [-0.2, 0) is 0 Å². The van der Waals surface area contributed by atoms with Gasteiger partial charge in [-0.3, -0.25) is 4.57 Å². The van der Waals surface area contributed by atoms with Crippen molar-refractivity contribution in [3.8, 4) is 5.69 Å². The van der Waals surface area contributed by atoms with Crippen LogP contribution in [0.25, 0.3) is 21.6 Å². The minimum Gasteiger partial charge on any atom is -0.356 e. The average molecular weight is 596 g/mol. The lowest BCUT2D eigenvalue weighted by Crippen LogP contribution is -2.35. The summed E-state index contributed by atoms with van der Waals surface area (Å²) in [5, 5.41) is 1.11. The largest absolute Gasteiger partial charge is 0.356 e. The first kappa shape index (κ1) is 21.8. The zero-order chi connectivity index (χ0) is 21.6. The molecule has 1 aliphatic heterocycles. The third-order valence-corrected chi connectivity index (χ3v) is 7.58. The second-order valence-electron chi connectivity index (χ2n) is 7.83. The third-order valence-electron chi connectivity index (χ3n) is 5.92. The standard InChI is InChI=1S/C22H22Br3N5/c1-12-13(2)30(20-17(24)9-16(23)10-18(20)25)22-19(12)21(27-14(3)28-22)29-7-5-15(6-8-29)11-26-4/h9-10,15H,5-8,11H2,1-3H3. The summed E-state index contributed by atoms with van der Waals surface area (Å²) in [6, 6.07) is 4.11. The van der Waals surface area contributed by atoms with Gasteiger partial charge in [0.05, 0.1) is 11.1 Å². The van der Waals surface area contributed by atoms with Crippen LogP contribution in [0.1, 0.15) is 29.9 Å². The lowest BCUT2D eigenvalue weighted by Gasteiger charge is -2.31. The van der Waals surface area contributed by atoms with Gasteiger partial charge in [-0.2, -0.15) is 0 Å². The second-order valence-corrected chi connectivity index (χ2v) is 10.5. The number of fused-ring (bicyclic) bond motifs is 1. The minimum absolute atomic E-state index is 0.499. The second kappa shape index (κ2) is 8.60. The van der Waals surface area contributed by atoms with E-state index in [9.17, 15) is 0 Å². The number of aryl methyl sites for hydroxylation is 2. The molecule has 0 saturated carbocycles. The molecule has 0 atom stereocenters. The molecule has 0 bridgehead atoms. The Morgan fingerprint density at radius 2 is 1.70 bits per heavy atom. The highest BCUT2D eigenvalue weighted by atomic mass is 79.9. The highest BCUT2D eigenvalue weighted by Gasteiger charge is 2.27. The number of piperidine rings is 1. The smallest absolute Gasteiger partial charge is 0.217 e. The number of hydrogen-bond donors (Lipinski definition) is 0. The molecule has 0 amide bonds. The van der Waals surface area contributed by atoms with Crippen molar-refractivity contribution >= 4 is 64.6 Å². The van der Waals surface area contributed by atoms with Gasteiger partial charge in [0.15, 0.2) is 5.65 Å². The van der Waals surface area contributed by atoms with Gasteiger partial charge in [-0.1, -0.05) is 15.9 Å². The lowest BCUT2D eigenvalue weighted by molar-refractivity contribution is 0.429. The molecule has 3 aromatic rings. The Morgan fingerprint density at radius 1 is 1.07 bits per heavy atom. The van der Waals surface area contributed by atoms with Gasteiger partial charge in [-0.05, 0) is 83.2 Å². The Kier molecular flexibility index (Phi) is 6.25. The summed E-state index contributed by atoms with van der Waals surface area (Å²) in [4.78, 5) is 15.7. The first-order chi connectivity index (χ1) is 14.3. The maximum Gasteiger partial charge on any atom is 0.217 e. The van der Waals surface area contributed by atoms with Crippen LogP contribution in [0.15, 0.2) is 25.6 Å². The summed E-state index contributed by atoms with van der Waals surface area (Å²) in [5.74, 6) is 2.28. The van der Waals surface area contributed by atoms with E-state index in [0.29, 0.717) is 12.5 Å². The maximum absolute atomic E-state index is 7.15. The van der Waals surface area contributed by atoms with Gasteiger partial charge in [0.25, 0.3) is 0 Å². The zero-order valence-corrected chi connectivity index (χ0v) is 21.9. The van der Waals surface area contributed by atoms with E-state index in [4.69, 9.17) is 16.5 Å². The van der Waals surface area contributed by atoms with Crippen molar-refractivity contribution in [3.63, 3.8) is 0 Å². The van der Waals surface area contributed by atoms with Crippen molar-refractivity contribution in [1.29, 1.82) is 0 Å². The summed E-state index contributed by atoms with van der Waals surface area (Å²) in [7, 11) is 0. The predicted octanol–water partition coefficient (Wildman–Crippen LogP) is 6.77. The van der Waals surface area contributed by atoms with Crippen LogP contribution in [0.4, 0.5) is 5.82 Å². The van der Waals surface area contributed by atoms with Crippen LogP contribution < -0.4 is 4.90 Å². The van der Waals surface area contributed by atoms with E-state index in [2.05, 4.69) is 88.1 Å². The minimum atomic E-state index is 0.499. The first-order valence-electron chi connectivity index (χ1n) is 9.91. The van der Waals surface area contributed by atoms with Crippen LogP contribution in [0.5, 0.6) is 0 Å². The maximum atomic E-state index is 7.15. The number of aromatic nitrogens is 3. The molecule has 5 nitrogen and oxygen atoms in total. The van der Waals surface area contributed by atoms with E-state index < -0.39 is 0 Å². The van der Waals surface area contributed by atoms with Crippen molar-refractivity contribution in [3.05, 3.63) is 54.0 Å². The van der Waals surface area contributed by atoms with Gasteiger partial charge >= 0.3 is 0 Å². The molecule has 1 saturated heterocycles. The summed E-state index contributed by atoms with van der Waals surface area (Å²) in [5.41, 5.74) is 4.32. The average Bonchev–Trinajstić information content (AvgIpc) is 2.92. The number of nitrogens with zero attached hydrogens (tertiary/aromatic N) is 5. The molecule has 1 fully saturated rings. The van der Waals surface area contributed by atoms with Gasteiger partial charge in [-0.15, -0.1) is 0 Å². The van der Waals surface area contributed by atoms with E-state index in [0.717, 1.165) is 73.4 Å². The van der Waals surface area contributed by atoms with Crippen LogP contribution in [0, 0.1) is 33.3 Å². The van der Waals surface area contributed by atoms with Crippen LogP contribution in [0.3, 0.4) is 0 Å². The molecule has 8 heteroatoms. The van der Waals surface area contributed by atoms with Crippen LogP contribution in [0.2, 0.25) is 0 Å². The quantitative estimate of drug-likeness (QED) is 0.314. The van der Waals surface area contributed by atoms with E-state index in [1.54, 1.807) is 0 Å². The first-order valence-corrected chi connectivity index (χ1v) is 12.3. The van der Waals surface area contributed by atoms with Crippen molar-refractivity contribution < 1.29 is 0 Å². The number of anilines is 1. The highest BCUT2D eigenvalue weighted by molar-refractivity contribution is 9.11. The molecule has 4 rings (SSSR count). The molecule has 3 heterocycles. The molecule has 0 spiro atoms. The number of halogens is 3. The molecular weight excluding hydrogens is 574 g/mol. The summed E-state index contributed by atoms with van der Waals surface area (Å²) < 4.78 is 5.20. The van der Waals surface area contributed by atoms with E-state index in [1.165, 1.54) is 5.56 Å². The molecule has 0 radical (unpaired) electrons. The predicted molar refractivity (Wildman–Crippen MR) is 133 cm³/mol. The SMILES string of the molecule is [C-]#[N+]CC1CCN(c2nc(C)nc3c2c(C)c(C)n3-c2c(Br)cc(Br)cc2Br)CC1. The Bertz CT molecular complexity index is 1150. The Morgan fingerprint density at radius 3 is 2.30 bits per heavy atom. The molecule has 0 unspecified atom stereocenters. The van der Waals surface area contributed by atoms with Gasteiger partial charge in [0.2, 0.25) is 6.54 Å².